The minimum absolute atomic E-state index is 0.611. The van der Waals surface area contributed by atoms with Crippen molar-refractivity contribution in [2.24, 2.45) is 0 Å². The summed E-state index contributed by atoms with van der Waals surface area (Å²) in [5, 5.41) is 3.38. The minimum Gasteiger partial charge on any atom is -0.493 e. The predicted molar refractivity (Wildman–Crippen MR) is 84.5 cm³/mol. The van der Waals surface area contributed by atoms with Crippen molar-refractivity contribution >= 4 is 0 Å². The highest BCUT2D eigenvalue weighted by Gasteiger charge is 2.15. The number of ether oxygens (including phenoxy) is 3. The van der Waals surface area contributed by atoms with Gasteiger partial charge in [-0.1, -0.05) is 6.07 Å². The first-order chi connectivity index (χ1) is 10.7. The van der Waals surface area contributed by atoms with Crippen molar-refractivity contribution in [2.45, 2.75) is 26.6 Å². The molecule has 1 aromatic carbocycles. The second-order valence-electron chi connectivity index (χ2n) is 4.73. The Labute approximate surface area is 131 Å². The molecule has 0 radical (unpaired) electrons. The van der Waals surface area contributed by atoms with Gasteiger partial charge in [-0.05, 0) is 13.0 Å². The fourth-order valence-corrected chi connectivity index (χ4v) is 2.41. The van der Waals surface area contributed by atoms with Crippen LogP contribution in [0.2, 0.25) is 0 Å². The third-order valence-corrected chi connectivity index (χ3v) is 3.53. The Hall–Kier alpha value is -2.21. The van der Waals surface area contributed by atoms with Gasteiger partial charge in [0.25, 0.3) is 0 Å². The number of aryl methyl sites for hydroxylation is 1. The van der Waals surface area contributed by atoms with E-state index < -0.39 is 0 Å². The number of hydrogen-bond donors (Lipinski definition) is 1. The van der Waals surface area contributed by atoms with Gasteiger partial charge in [-0.25, -0.2) is 4.98 Å². The van der Waals surface area contributed by atoms with Gasteiger partial charge < -0.3 is 24.1 Å². The van der Waals surface area contributed by atoms with Crippen molar-refractivity contribution in [2.75, 3.05) is 21.3 Å². The SMILES string of the molecule is CCn1ccnc1CNCc1ccc(OC)c(OC)c1OC. The molecule has 0 spiro atoms. The molecule has 120 valence electrons. The van der Waals surface area contributed by atoms with E-state index in [0.29, 0.717) is 30.3 Å². The third-order valence-electron chi connectivity index (χ3n) is 3.53. The van der Waals surface area contributed by atoms with Crippen LogP contribution in [0.25, 0.3) is 0 Å². The molecule has 0 bridgehead atoms. The fourth-order valence-electron chi connectivity index (χ4n) is 2.41. The lowest BCUT2D eigenvalue weighted by molar-refractivity contribution is 0.321. The van der Waals surface area contributed by atoms with E-state index in [-0.39, 0.29) is 0 Å². The standard InChI is InChI=1S/C16H23N3O3/c1-5-19-9-8-18-14(19)11-17-10-12-6-7-13(20-2)16(22-4)15(12)21-3/h6-9,17H,5,10-11H2,1-4H3. The Balaban J connectivity index is 2.09. The van der Waals surface area contributed by atoms with E-state index in [9.17, 15) is 0 Å². The molecule has 2 aromatic rings. The molecule has 0 amide bonds. The number of hydrogen-bond acceptors (Lipinski definition) is 5. The quantitative estimate of drug-likeness (QED) is 0.810. The van der Waals surface area contributed by atoms with E-state index in [1.54, 1.807) is 21.3 Å². The monoisotopic (exact) mass is 305 g/mol. The minimum atomic E-state index is 0.611. The highest BCUT2D eigenvalue weighted by atomic mass is 16.5. The van der Waals surface area contributed by atoms with Gasteiger partial charge in [-0.3, -0.25) is 0 Å². The van der Waals surface area contributed by atoms with Gasteiger partial charge in [0, 0.05) is 31.0 Å². The summed E-state index contributed by atoms with van der Waals surface area (Å²) < 4.78 is 18.3. The van der Waals surface area contributed by atoms with Crippen molar-refractivity contribution in [3.8, 4) is 17.2 Å². The number of nitrogens with zero attached hydrogens (tertiary/aromatic N) is 2. The van der Waals surface area contributed by atoms with Crippen LogP contribution in [0.15, 0.2) is 24.5 Å². The van der Waals surface area contributed by atoms with E-state index >= 15 is 0 Å². The fraction of sp³-hybridized carbons (Fsp3) is 0.438. The molecule has 0 saturated heterocycles. The first-order valence-corrected chi connectivity index (χ1v) is 7.23. The van der Waals surface area contributed by atoms with Crippen molar-refractivity contribution in [1.29, 1.82) is 0 Å². The number of benzene rings is 1. The summed E-state index contributed by atoms with van der Waals surface area (Å²) in [6, 6.07) is 3.85. The van der Waals surface area contributed by atoms with Gasteiger partial charge in [0.1, 0.15) is 5.82 Å². The number of methoxy groups -OCH3 is 3. The van der Waals surface area contributed by atoms with Crippen LogP contribution in [0.3, 0.4) is 0 Å². The van der Waals surface area contributed by atoms with Gasteiger partial charge in [0.2, 0.25) is 5.75 Å². The first-order valence-electron chi connectivity index (χ1n) is 7.23. The van der Waals surface area contributed by atoms with E-state index in [4.69, 9.17) is 14.2 Å². The lowest BCUT2D eigenvalue weighted by atomic mass is 10.1. The van der Waals surface area contributed by atoms with Gasteiger partial charge in [0.05, 0.1) is 27.9 Å². The molecule has 0 unspecified atom stereocenters. The van der Waals surface area contributed by atoms with Crippen LogP contribution in [0.1, 0.15) is 18.3 Å². The zero-order chi connectivity index (χ0) is 15.9. The van der Waals surface area contributed by atoms with Crippen LogP contribution >= 0.6 is 0 Å². The van der Waals surface area contributed by atoms with Crippen molar-refractivity contribution in [1.82, 2.24) is 14.9 Å². The molecule has 6 heteroatoms. The molecule has 0 aliphatic carbocycles. The van der Waals surface area contributed by atoms with E-state index in [1.807, 2.05) is 24.5 Å². The van der Waals surface area contributed by atoms with Crippen LogP contribution in [0.4, 0.5) is 0 Å². The van der Waals surface area contributed by atoms with Gasteiger partial charge in [-0.2, -0.15) is 0 Å². The molecule has 2 rings (SSSR count). The molecule has 6 nitrogen and oxygen atoms in total. The van der Waals surface area contributed by atoms with Gasteiger partial charge in [-0.15, -0.1) is 0 Å². The summed E-state index contributed by atoms with van der Waals surface area (Å²) in [5.41, 5.74) is 1.01. The number of imidazole rings is 1. The summed E-state index contributed by atoms with van der Waals surface area (Å²) >= 11 is 0. The van der Waals surface area contributed by atoms with Crippen molar-refractivity contribution < 1.29 is 14.2 Å². The van der Waals surface area contributed by atoms with E-state index in [1.165, 1.54) is 0 Å². The van der Waals surface area contributed by atoms with Crippen molar-refractivity contribution in [3.05, 3.63) is 35.9 Å². The molecule has 0 atom stereocenters. The van der Waals surface area contributed by atoms with Crippen LogP contribution in [-0.4, -0.2) is 30.9 Å². The zero-order valence-electron chi connectivity index (χ0n) is 13.5. The Morgan fingerprint density at radius 2 is 1.82 bits per heavy atom. The highest BCUT2D eigenvalue weighted by molar-refractivity contribution is 5.55. The highest BCUT2D eigenvalue weighted by Crippen LogP contribution is 2.39. The normalized spacial score (nSPS) is 10.5. The smallest absolute Gasteiger partial charge is 0.203 e. The molecule has 0 saturated carbocycles. The van der Waals surface area contributed by atoms with Crippen LogP contribution in [-0.2, 0) is 19.6 Å². The van der Waals surface area contributed by atoms with Crippen LogP contribution in [0, 0.1) is 0 Å². The molecule has 1 N–H and O–H groups in total. The Kier molecular flexibility index (Phi) is 5.66. The second-order valence-corrected chi connectivity index (χ2v) is 4.73. The molecular formula is C16H23N3O3. The summed E-state index contributed by atoms with van der Waals surface area (Å²) in [6.45, 7) is 4.36. The number of nitrogens with one attached hydrogen (secondary N) is 1. The third kappa shape index (κ3) is 3.33. The maximum Gasteiger partial charge on any atom is 0.203 e. The van der Waals surface area contributed by atoms with Crippen LogP contribution in [0.5, 0.6) is 17.2 Å². The van der Waals surface area contributed by atoms with Gasteiger partial charge >= 0.3 is 0 Å². The Bertz CT molecular complexity index is 611. The summed E-state index contributed by atoms with van der Waals surface area (Å²) in [6.07, 6.45) is 3.80. The molecule has 0 aliphatic heterocycles. The number of rotatable bonds is 8. The molecular weight excluding hydrogens is 282 g/mol. The largest absolute Gasteiger partial charge is 0.493 e. The van der Waals surface area contributed by atoms with E-state index in [0.717, 1.165) is 17.9 Å². The zero-order valence-corrected chi connectivity index (χ0v) is 13.5. The summed E-state index contributed by atoms with van der Waals surface area (Å²) in [7, 11) is 4.85. The molecule has 1 heterocycles. The Morgan fingerprint density at radius 1 is 1.05 bits per heavy atom. The summed E-state index contributed by atoms with van der Waals surface area (Å²) in [5.74, 6) is 2.97. The van der Waals surface area contributed by atoms with E-state index in [2.05, 4.69) is 21.8 Å². The average molecular weight is 305 g/mol. The number of aromatic nitrogens is 2. The molecule has 0 aliphatic rings. The Morgan fingerprint density at radius 3 is 2.45 bits per heavy atom. The lowest BCUT2D eigenvalue weighted by Crippen LogP contribution is -2.17. The second kappa shape index (κ2) is 7.70. The lowest BCUT2D eigenvalue weighted by Gasteiger charge is -2.16. The van der Waals surface area contributed by atoms with Crippen molar-refractivity contribution in [3.63, 3.8) is 0 Å². The summed E-state index contributed by atoms with van der Waals surface area (Å²) in [4.78, 5) is 4.35. The molecule has 0 fully saturated rings. The van der Waals surface area contributed by atoms with Gasteiger partial charge in [0.15, 0.2) is 11.5 Å². The average Bonchev–Trinajstić information content (AvgIpc) is 3.01. The predicted octanol–water partition coefficient (Wildman–Crippen LogP) is 2.22. The topological polar surface area (TPSA) is 57.5 Å². The molecule has 22 heavy (non-hydrogen) atoms. The first kappa shape index (κ1) is 16.2. The maximum atomic E-state index is 5.48. The molecule has 1 aromatic heterocycles. The van der Waals surface area contributed by atoms with Crippen LogP contribution < -0.4 is 19.5 Å². The maximum absolute atomic E-state index is 5.48.